The van der Waals surface area contributed by atoms with Gasteiger partial charge in [-0.25, -0.2) is 4.39 Å². The summed E-state index contributed by atoms with van der Waals surface area (Å²) in [5.74, 6) is 0.853. The molecule has 3 aromatic rings. The lowest BCUT2D eigenvalue weighted by Gasteiger charge is -2.27. The minimum atomic E-state index is -3.93. The minimum Gasteiger partial charge on any atom is -0.351 e. The molecular formula is C25H28FN3O3S2. The molecule has 0 saturated carbocycles. The lowest BCUT2D eigenvalue weighted by molar-refractivity contribution is 0.0956. The van der Waals surface area contributed by atoms with Crippen molar-refractivity contribution in [2.24, 2.45) is 0 Å². The topological polar surface area (TPSA) is 69.7 Å². The molecule has 0 aliphatic carbocycles. The summed E-state index contributed by atoms with van der Waals surface area (Å²) in [4.78, 5) is 12.4. The van der Waals surface area contributed by atoms with Gasteiger partial charge in [-0.1, -0.05) is 54.6 Å². The van der Waals surface area contributed by atoms with Crippen molar-refractivity contribution in [2.75, 3.05) is 30.7 Å². The van der Waals surface area contributed by atoms with E-state index in [4.69, 9.17) is 0 Å². The molecule has 0 bridgehead atoms. The molecule has 0 fully saturated rings. The number of carbonyl (C=O) groups excluding carboxylic acids is 1. The lowest BCUT2D eigenvalue weighted by atomic mass is 10.1. The average molecular weight is 502 g/mol. The maximum atomic E-state index is 14.4. The molecule has 1 amide bonds. The van der Waals surface area contributed by atoms with Gasteiger partial charge in [0.25, 0.3) is 5.91 Å². The van der Waals surface area contributed by atoms with E-state index < -0.39 is 16.0 Å². The summed E-state index contributed by atoms with van der Waals surface area (Å²) in [5.41, 5.74) is 2.31. The third-order valence-corrected chi connectivity index (χ3v) is 7.88. The molecule has 0 heterocycles. The van der Waals surface area contributed by atoms with Crippen molar-refractivity contribution < 1.29 is 17.6 Å². The van der Waals surface area contributed by atoms with Crippen LogP contribution in [-0.2, 0) is 22.5 Å². The van der Waals surface area contributed by atoms with E-state index in [2.05, 4.69) is 17.4 Å². The summed E-state index contributed by atoms with van der Waals surface area (Å²) in [7, 11) is -1.14. The number of carbonyl (C=O) groups is 1. The fraction of sp³-hybridized carbons (Fsp3) is 0.240. The van der Waals surface area contributed by atoms with Crippen LogP contribution in [0.1, 0.15) is 21.5 Å². The monoisotopic (exact) mass is 501 g/mol. The average Bonchev–Trinajstić information content (AvgIpc) is 2.83. The number of rotatable bonds is 11. The van der Waals surface area contributed by atoms with E-state index in [0.717, 1.165) is 20.1 Å². The third-order valence-electron chi connectivity index (χ3n) is 5.05. The van der Waals surface area contributed by atoms with E-state index in [9.17, 15) is 17.6 Å². The van der Waals surface area contributed by atoms with Gasteiger partial charge in [-0.15, -0.1) is 0 Å². The van der Waals surface area contributed by atoms with Crippen LogP contribution in [-0.4, -0.2) is 45.0 Å². The lowest BCUT2D eigenvalue weighted by Crippen LogP contribution is -2.40. The molecule has 9 heteroatoms. The minimum absolute atomic E-state index is 0.0361. The van der Waals surface area contributed by atoms with Gasteiger partial charge in [0.2, 0.25) is 0 Å². The van der Waals surface area contributed by atoms with Crippen LogP contribution >= 0.6 is 11.8 Å². The molecule has 3 aromatic carbocycles. The standard InChI is InChI=1S/C25H28FN3O3S2/c1-28(2)34(31,32)29(24-11-7-6-10-23(24)26)18-20-12-14-22(15-13-20)25(30)27-16-17-33-19-21-8-4-3-5-9-21/h3-15H,16-19H2,1-2H3,(H,27,30). The van der Waals surface area contributed by atoms with E-state index in [0.29, 0.717) is 17.7 Å². The second-order valence-electron chi connectivity index (χ2n) is 7.74. The number of nitrogens with one attached hydrogen (secondary N) is 1. The van der Waals surface area contributed by atoms with E-state index in [1.54, 1.807) is 42.1 Å². The fourth-order valence-corrected chi connectivity index (χ4v) is 5.09. The smallest absolute Gasteiger partial charge is 0.303 e. The molecule has 34 heavy (non-hydrogen) atoms. The van der Waals surface area contributed by atoms with Gasteiger partial charge in [-0.2, -0.15) is 24.5 Å². The van der Waals surface area contributed by atoms with Crippen LogP contribution in [0.5, 0.6) is 0 Å². The summed E-state index contributed by atoms with van der Waals surface area (Å²) < 4.78 is 42.1. The second kappa shape index (κ2) is 12.0. The maximum absolute atomic E-state index is 14.4. The summed E-state index contributed by atoms with van der Waals surface area (Å²) in [5, 5.41) is 2.90. The largest absolute Gasteiger partial charge is 0.351 e. The van der Waals surface area contributed by atoms with Crippen LogP contribution in [0.3, 0.4) is 0 Å². The number of hydrogen-bond acceptors (Lipinski definition) is 4. The molecule has 0 spiro atoms. The first kappa shape index (κ1) is 25.7. The number of hydrogen-bond donors (Lipinski definition) is 1. The first-order valence-corrected chi connectivity index (χ1v) is 13.3. The normalized spacial score (nSPS) is 11.4. The number of amides is 1. The number of para-hydroxylation sites is 1. The Labute approximate surface area is 205 Å². The first-order valence-electron chi connectivity index (χ1n) is 10.7. The molecule has 6 nitrogen and oxygen atoms in total. The number of benzene rings is 3. The highest BCUT2D eigenvalue weighted by Crippen LogP contribution is 2.25. The van der Waals surface area contributed by atoms with Crippen LogP contribution in [0.4, 0.5) is 10.1 Å². The van der Waals surface area contributed by atoms with Crippen molar-refractivity contribution in [3.63, 3.8) is 0 Å². The van der Waals surface area contributed by atoms with Gasteiger partial charge in [-0.05, 0) is 35.4 Å². The van der Waals surface area contributed by atoms with Gasteiger partial charge in [-0.3, -0.25) is 9.10 Å². The number of thioether (sulfide) groups is 1. The Hall–Kier alpha value is -2.88. The van der Waals surface area contributed by atoms with E-state index in [1.807, 2.05) is 18.2 Å². The zero-order valence-corrected chi connectivity index (χ0v) is 20.8. The Bertz CT molecular complexity index is 1190. The number of anilines is 1. The molecular weight excluding hydrogens is 473 g/mol. The van der Waals surface area contributed by atoms with Crippen molar-refractivity contribution in [3.05, 3.63) is 101 Å². The van der Waals surface area contributed by atoms with Gasteiger partial charge >= 0.3 is 10.2 Å². The SMILES string of the molecule is CN(C)S(=O)(=O)N(Cc1ccc(C(=O)NCCSCc2ccccc2)cc1)c1ccccc1F. The van der Waals surface area contributed by atoms with E-state index >= 15 is 0 Å². The van der Waals surface area contributed by atoms with Crippen molar-refractivity contribution >= 4 is 33.6 Å². The highest BCUT2D eigenvalue weighted by Gasteiger charge is 2.27. The zero-order chi connectivity index (χ0) is 24.6. The van der Waals surface area contributed by atoms with Gasteiger partial charge in [0.05, 0.1) is 12.2 Å². The predicted molar refractivity (Wildman–Crippen MR) is 137 cm³/mol. The van der Waals surface area contributed by atoms with Crippen molar-refractivity contribution in [1.82, 2.24) is 9.62 Å². The summed E-state index contributed by atoms with van der Waals surface area (Å²) in [6, 6.07) is 22.5. The fourth-order valence-electron chi connectivity index (χ4n) is 3.17. The molecule has 0 aliphatic rings. The Kier molecular flexibility index (Phi) is 9.09. The molecule has 1 N–H and O–H groups in total. The molecule has 0 aliphatic heterocycles. The van der Waals surface area contributed by atoms with Crippen LogP contribution in [0.2, 0.25) is 0 Å². The van der Waals surface area contributed by atoms with Crippen molar-refractivity contribution in [1.29, 1.82) is 0 Å². The van der Waals surface area contributed by atoms with Gasteiger partial charge in [0.1, 0.15) is 5.82 Å². The molecule has 0 unspecified atom stereocenters. The Morgan fingerprint density at radius 3 is 2.21 bits per heavy atom. The van der Waals surface area contributed by atoms with Gasteiger partial charge < -0.3 is 5.32 Å². The van der Waals surface area contributed by atoms with E-state index in [-0.39, 0.29) is 18.1 Å². The van der Waals surface area contributed by atoms with Crippen molar-refractivity contribution in [3.8, 4) is 0 Å². The summed E-state index contributed by atoms with van der Waals surface area (Å²) in [6.45, 7) is 0.472. The van der Waals surface area contributed by atoms with Crippen LogP contribution in [0, 0.1) is 5.82 Å². The molecule has 3 rings (SSSR count). The Morgan fingerprint density at radius 1 is 0.912 bits per heavy atom. The third kappa shape index (κ3) is 6.82. The Balaban J connectivity index is 1.59. The molecule has 0 aromatic heterocycles. The number of halogens is 1. The Morgan fingerprint density at radius 2 is 1.56 bits per heavy atom. The highest BCUT2D eigenvalue weighted by molar-refractivity contribution is 7.98. The first-order chi connectivity index (χ1) is 16.3. The summed E-state index contributed by atoms with van der Waals surface area (Å²) in [6.07, 6.45) is 0. The molecule has 180 valence electrons. The zero-order valence-electron chi connectivity index (χ0n) is 19.1. The van der Waals surface area contributed by atoms with Gasteiger partial charge in [0.15, 0.2) is 0 Å². The van der Waals surface area contributed by atoms with Crippen LogP contribution in [0.25, 0.3) is 0 Å². The second-order valence-corrected chi connectivity index (χ2v) is 10.9. The van der Waals surface area contributed by atoms with Crippen LogP contribution < -0.4 is 9.62 Å². The number of nitrogens with zero attached hydrogens (tertiary/aromatic N) is 2. The molecule has 0 saturated heterocycles. The van der Waals surface area contributed by atoms with Gasteiger partial charge in [0, 0.05) is 37.7 Å². The van der Waals surface area contributed by atoms with Crippen LogP contribution in [0.15, 0.2) is 78.9 Å². The molecule has 0 atom stereocenters. The highest BCUT2D eigenvalue weighted by atomic mass is 32.2. The summed E-state index contributed by atoms with van der Waals surface area (Å²) >= 11 is 1.74. The maximum Gasteiger partial charge on any atom is 0.303 e. The van der Waals surface area contributed by atoms with E-state index in [1.165, 1.54) is 37.9 Å². The molecule has 0 radical (unpaired) electrons. The van der Waals surface area contributed by atoms with Crippen molar-refractivity contribution in [2.45, 2.75) is 12.3 Å². The predicted octanol–water partition coefficient (Wildman–Crippen LogP) is 4.30. The quantitative estimate of drug-likeness (QED) is 0.398.